The summed E-state index contributed by atoms with van der Waals surface area (Å²) in [7, 11) is 0. The van der Waals surface area contributed by atoms with Gasteiger partial charge >= 0.3 is 0 Å². The summed E-state index contributed by atoms with van der Waals surface area (Å²) in [5.74, 6) is 0.240. The molecule has 0 bridgehead atoms. The van der Waals surface area contributed by atoms with E-state index in [0.717, 1.165) is 5.69 Å². The Balaban J connectivity index is 1.64. The third-order valence-corrected chi connectivity index (χ3v) is 3.56. The molecule has 2 aromatic rings. The summed E-state index contributed by atoms with van der Waals surface area (Å²) in [6, 6.07) is 10.9. The van der Waals surface area contributed by atoms with Crippen molar-refractivity contribution in [2.45, 2.75) is 0 Å². The molecule has 0 radical (unpaired) electrons. The number of nitrogens with zero attached hydrogens (tertiary/aromatic N) is 2. The van der Waals surface area contributed by atoms with Crippen molar-refractivity contribution < 1.29 is 14.3 Å². The van der Waals surface area contributed by atoms with E-state index >= 15 is 0 Å². The lowest BCUT2D eigenvalue weighted by molar-refractivity contribution is -0.120. The Morgan fingerprint density at radius 3 is 2.96 bits per heavy atom. The van der Waals surface area contributed by atoms with Gasteiger partial charge in [-0.05, 0) is 24.3 Å². The van der Waals surface area contributed by atoms with Gasteiger partial charge in [0.25, 0.3) is 5.91 Å². The molecule has 124 valence electrons. The van der Waals surface area contributed by atoms with Crippen molar-refractivity contribution in [2.24, 2.45) is 0 Å². The number of anilines is 2. The van der Waals surface area contributed by atoms with Gasteiger partial charge in [0.2, 0.25) is 5.91 Å². The molecule has 2 heterocycles. The maximum atomic E-state index is 12.1. The Labute approximate surface area is 139 Å². The van der Waals surface area contributed by atoms with Crippen LogP contribution in [0.4, 0.5) is 11.4 Å². The number of nitrogens with one attached hydrogen (secondary N) is 2. The Bertz CT molecular complexity index is 721. The summed E-state index contributed by atoms with van der Waals surface area (Å²) in [5.41, 5.74) is 1.48. The van der Waals surface area contributed by atoms with Crippen molar-refractivity contribution in [2.75, 3.05) is 36.5 Å². The van der Waals surface area contributed by atoms with Gasteiger partial charge in [0.15, 0.2) is 6.61 Å². The molecule has 7 nitrogen and oxygen atoms in total. The van der Waals surface area contributed by atoms with Gasteiger partial charge in [0.05, 0.1) is 24.1 Å². The Hall–Kier alpha value is -3.09. The van der Waals surface area contributed by atoms with Gasteiger partial charge in [-0.2, -0.15) is 0 Å². The van der Waals surface area contributed by atoms with E-state index in [4.69, 9.17) is 4.74 Å². The van der Waals surface area contributed by atoms with Gasteiger partial charge in [-0.25, -0.2) is 0 Å². The third kappa shape index (κ3) is 4.01. The zero-order valence-electron chi connectivity index (χ0n) is 13.1. The molecule has 1 aromatic heterocycles. The number of pyridine rings is 1. The van der Waals surface area contributed by atoms with Gasteiger partial charge in [0.1, 0.15) is 5.75 Å². The largest absolute Gasteiger partial charge is 0.482 e. The first-order valence-corrected chi connectivity index (χ1v) is 7.66. The summed E-state index contributed by atoms with van der Waals surface area (Å²) < 4.78 is 5.39. The number of carbonyl (C=O) groups excluding carboxylic acids is 2. The SMILES string of the molecule is O=C1CN(c2ccccc2NC(=O)COc2cccnc2)CCN1. The van der Waals surface area contributed by atoms with Crippen LogP contribution in [0.3, 0.4) is 0 Å². The molecule has 7 heteroatoms. The molecule has 1 aliphatic rings. The summed E-state index contributed by atoms with van der Waals surface area (Å²) in [4.78, 5) is 29.6. The number of aromatic nitrogens is 1. The molecule has 1 aromatic carbocycles. The molecule has 0 aliphatic carbocycles. The van der Waals surface area contributed by atoms with Crippen molar-refractivity contribution in [1.29, 1.82) is 0 Å². The first-order valence-electron chi connectivity index (χ1n) is 7.66. The second-order valence-corrected chi connectivity index (χ2v) is 5.31. The molecule has 0 atom stereocenters. The molecule has 2 amide bonds. The predicted molar refractivity (Wildman–Crippen MR) is 90.0 cm³/mol. The van der Waals surface area contributed by atoms with Crippen LogP contribution in [0.2, 0.25) is 0 Å². The molecule has 1 aliphatic heterocycles. The number of carbonyl (C=O) groups is 2. The maximum absolute atomic E-state index is 12.1. The molecule has 2 N–H and O–H groups in total. The molecular formula is C17H18N4O3. The van der Waals surface area contributed by atoms with Crippen molar-refractivity contribution in [3.8, 4) is 5.75 Å². The van der Waals surface area contributed by atoms with Crippen LogP contribution in [0.25, 0.3) is 0 Å². The van der Waals surface area contributed by atoms with Gasteiger partial charge in [-0.1, -0.05) is 12.1 Å². The minimum absolute atomic E-state index is 0.0257. The number of hydrogen-bond donors (Lipinski definition) is 2. The molecule has 24 heavy (non-hydrogen) atoms. The fourth-order valence-electron chi connectivity index (χ4n) is 2.47. The fourth-order valence-corrected chi connectivity index (χ4v) is 2.47. The van der Waals surface area contributed by atoms with Crippen LogP contribution in [0.5, 0.6) is 5.75 Å². The average Bonchev–Trinajstić information content (AvgIpc) is 2.61. The van der Waals surface area contributed by atoms with E-state index in [1.807, 2.05) is 29.2 Å². The summed E-state index contributed by atoms with van der Waals surface area (Å²) in [6.45, 7) is 1.45. The second kappa shape index (κ2) is 7.45. The maximum Gasteiger partial charge on any atom is 0.262 e. The van der Waals surface area contributed by atoms with Crippen molar-refractivity contribution in [1.82, 2.24) is 10.3 Å². The monoisotopic (exact) mass is 326 g/mol. The topological polar surface area (TPSA) is 83.6 Å². The highest BCUT2D eigenvalue weighted by atomic mass is 16.5. The predicted octanol–water partition coefficient (Wildman–Crippen LogP) is 1.04. The molecular weight excluding hydrogens is 308 g/mol. The normalized spacial score (nSPS) is 14.0. The zero-order valence-corrected chi connectivity index (χ0v) is 13.1. The number of ether oxygens (including phenoxy) is 1. The van der Waals surface area contributed by atoms with Crippen molar-refractivity contribution in [3.63, 3.8) is 0 Å². The molecule has 3 rings (SSSR count). The van der Waals surface area contributed by atoms with E-state index in [2.05, 4.69) is 15.6 Å². The smallest absolute Gasteiger partial charge is 0.262 e. The van der Waals surface area contributed by atoms with Crippen LogP contribution in [0, 0.1) is 0 Å². The van der Waals surface area contributed by atoms with E-state index in [-0.39, 0.29) is 25.0 Å². The fraction of sp³-hybridized carbons (Fsp3) is 0.235. The lowest BCUT2D eigenvalue weighted by Gasteiger charge is -2.30. The Morgan fingerprint density at radius 2 is 2.17 bits per heavy atom. The van der Waals surface area contributed by atoms with Crippen LogP contribution < -0.4 is 20.3 Å². The number of rotatable bonds is 5. The Kier molecular flexibility index (Phi) is 4.90. The first-order chi connectivity index (χ1) is 11.7. The quantitative estimate of drug-likeness (QED) is 0.858. The second-order valence-electron chi connectivity index (χ2n) is 5.31. The highest BCUT2D eigenvalue weighted by Crippen LogP contribution is 2.26. The standard InChI is InChI=1S/C17H18N4O3/c22-16-11-21(9-8-19-16)15-6-2-1-5-14(15)20-17(23)12-24-13-4-3-7-18-10-13/h1-7,10H,8-9,11-12H2,(H,19,22)(H,20,23). The minimum atomic E-state index is -0.271. The average molecular weight is 326 g/mol. The summed E-state index contributed by atoms with van der Waals surface area (Å²) in [6.07, 6.45) is 3.19. The molecule has 0 unspecified atom stereocenters. The summed E-state index contributed by atoms with van der Waals surface area (Å²) in [5, 5.41) is 5.62. The van der Waals surface area contributed by atoms with Crippen LogP contribution in [-0.2, 0) is 9.59 Å². The lowest BCUT2D eigenvalue weighted by Crippen LogP contribution is -2.48. The summed E-state index contributed by atoms with van der Waals surface area (Å²) >= 11 is 0. The van der Waals surface area contributed by atoms with Crippen molar-refractivity contribution >= 4 is 23.2 Å². The van der Waals surface area contributed by atoms with Crippen LogP contribution in [0.1, 0.15) is 0 Å². The van der Waals surface area contributed by atoms with Gasteiger partial charge < -0.3 is 20.3 Å². The van der Waals surface area contributed by atoms with Crippen molar-refractivity contribution in [3.05, 3.63) is 48.8 Å². The number of amides is 2. The van der Waals surface area contributed by atoms with Gasteiger partial charge in [0, 0.05) is 19.3 Å². The van der Waals surface area contributed by atoms with Crippen LogP contribution in [-0.4, -0.2) is 43.0 Å². The van der Waals surface area contributed by atoms with Crippen LogP contribution in [0.15, 0.2) is 48.8 Å². The molecule has 1 fully saturated rings. The van der Waals surface area contributed by atoms with Gasteiger partial charge in [-0.3, -0.25) is 14.6 Å². The first kappa shape index (κ1) is 15.8. The van der Waals surface area contributed by atoms with E-state index < -0.39 is 0 Å². The highest BCUT2D eigenvalue weighted by molar-refractivity contribution is 5.96. The number of benzene rings is 1. The highest BCUT2D eigenvalue weighted by Gasteiger charge is 2.19. The number of hydrogen-bond acceptors (Lipinski definition) is 5. The number of para-hydroxylation sites is 2. The van der Waals surface area contributed by atoms with Crippen LogP contribution >= 0.6 is 0 Å². The van der Waals surface area contributed by atoms with Gasteiger partial charge in [-0.15, -0.1) is 0 Å². The molecule has 0 saturated carbocycles. The van der Waals surface area contributed by atoms with E-state index in [1.165, 1.54) is 0 Å². The zero-order chi connectivity index (χ0) is 16.8. The minimum Gasteiger partial charge on any atom is -0.482 e. The van der Waals surface area contributed by atoms with E-state index in [1.54, 1.807) is 24.5 Å². The lowest BCUT2D eigenvalue weighted by atomic mass is 10.2. The Morgan fingerprint density at radius 1 is 1.29 bits per heavy atom. The third-order valence-electron chi connectivity index (χ3n) is 3.56. The molecule has 1 saturated heterocycles. The molecule has 0 spiro atoms. The van der Waals surface area contributed by atoms with E-state index in [9.17, 15) is 9.59 Å². The number of piperazine rings is 1. The van der Waals surface area contributed by atoms with E-state index in [0.29, 0.717) is 24.5 Å².